The maximum Gasteiger partial charge on any atom is 0.289 e. The Hall–Kier alpha value is -2.45. The number of alkyl halides is 4. The summed E-state index contributed by atoms with van der Waals surface area (Å²) in [4.78, 5) is 3.43. The number of anilines is 1. The van der Waals surface area contributed by atoms with Crippen molar-refractivity contribution in [2.24, 2.45) is 0 Å². The molecule has 2 rings (SSSR count). The van der Waals surface area contributed by atoms with Crippen LogP contribution in [0.25, 0.3) is 11.3 Å². The highest BCUT2D eigenvalue weighted by Gasteiger charge is 2.33. The minimum absolute atomic E-state index is 0.190. The SMILES string of the molecule is CC(F)(F)c1ccc(-c2nnc(N)nc2C(C)(F)F)c(O)c1. The van der Waals surface area contributed by atoms with E-state index in [1.54, 1.807) is 0 Å². The number of aromatic hydroxyl groups is 1. The number of phenolic OH excluding ortho intramolecular Hbond substituents is 1. The fraction of sp³-hybridized carbons (Fsp3) is 0.308. The summed E-state index contributed by atoms with van der Waals surface area (Å²) in [5.41, 5.74) is 3.36. The lowest BCUT2D eigenvalue weighted by molar-refractivity contribution is 0.0128. The number of phenols is 1. The normalized spacial score (nSPS) is 12.5. The number of hydrogen-bond acceptors (Lipinski definition) is 5. The summed E-state index contributed by atoms with van der Waals surface area (Å²) in [6.07, 6.45) is 0. The van der Waals surface area contributed by atoms with Crippen molar-refractivity contribution in [3.63, 3.8) is 0 Å². The highest BCUT2D eigenvalue weighted by atomic mass is 19.3. The molecule has 22 heavy (non-hydrogen) atoms. The van der Waals surface area contributed by atoms with E-state index in [1.807, 2.05) is 0 Å². The van der Waals surface area contributed by atoms with Crippen LogP contribution in [-0.2, 0) is 11.8 Å². The number of benzene rings is 1. The second kappa shape index (κ2) is 5.08. The zero-order chi connectivity index (χ0) is 16.7. The molecule has 0 atom stereocenters. The Morgan fingerprint density at radius 2 is 1.68 bits per heavy atom. The van der Waals surface area contributed by atoms with Crippen LogP contribution in [0.2, 0.25) is 0 Å². The fourth-order valence-corrected chi connectivity index (χ4v) is 1.83. The van der Waals surface area contributed by atoms with Crippen molar-refractivity contribution in [1.29, 1.82) is 0 Å². The summed E-state index contributed by atoms with van der Waals surface area (Å²) in [6.45, 7) is 1.23. The molecule has 118 valence electrons. The van der Waals surface area contributed by atoms with Gasteiger partial charge in [-0.2, -0.15) is 8.78 Å². The maximum absolute atomic E-state index is 13.6. The third kappa shape index (κ3) is 3.07. The molecule has 0 aliphatic heterocycles. The molecule has 9 heteroatoms. The lowest BCUT2D eigenvalue weighted by Gasteiger charge is -2.16. The van der Waals surface area contributed by atoms with Crippen LogP contribution < -0.4 is 5.73 Å². The van der Waals surface area contributed by atoms with Gasteiger partial charge in [-0.3, -0.25) is 0 Å². The van der Waals surface area contributed by atoms with Gasteiger partial charge in [0.1, 0.15) is 17.1 Å². The molecular weight excluding hydrogens is 304 g/mol. The van der Waals surface area contributed by atoms with Gasteiger partial charge in [-0.25, -0.2) is 13.8 Å². The molecule has 0 aliphatic carbocycles. The molecule has 2 aromatic rings. The Morgan fingerprint density at radius 1 is 1.05 bits per heavy atom. The van der Waals surface area contributed by atoms with E-state index < -0.39 is 40.5 Å². The maximum atomic E-state index is 13.6. The van der Waals surface area contributed by atoms with Gasteiger partial charge in [0.15, 0.2) is 0 Å². The van der Waals surface area contributed by atoms with Crippen LogP contribution in [0.15, 0.2) is 18.2 Å². The molecule has 1 aromatic heterocycles. The molecule has 0 unspecified atom stereocenters. The molecule has 1 heterocycles. The van der Waals surface area contributed by atoms with Crippen molar-refractivity contribution in [2.45, 2.75) is 25.7 Å². The Bertz CT molecular complexity index is 710. The molecule has 0 aliphatic rings. The van der Waals surface area contributed by atoms with Crippen molar-refractivity contribution in [2.75, 3.05) is 5.73 Å². The van der Waals surface area contributed by atoms with Crippen molar-refractivity contribution >= 4 is 5.95 Å². The first-order valence-electron chi connectivity index (χ1n) is 6.10. The Labute approximate surface area is 122 Å². The molecule has 0 fully saturated rings. The number of nitrogens with zero attached hydrogens (tertiary/aromatic N) is 3. The van der Waals surface area contributed by atoms with E-state index in [2.05, 4.69) is 15.2 Å². The summed E-state index contributed by atoms with van der Waals surface area (Å²) >= 11 is 0. The predicted molar refractivity (Wildman–Crippen MR) is 70.5 cm³/mol. The summed E-state index contributed by atoms with van der Waals surface area (Å²) < 4.78 is 53.6. The van der Waals surface area contributed by atoms with Crippen molar-refractivity contribution < 1.29 is 22.7 Å². The Balaban J connectivity index is 2.63. The molecule has 1 aromatic carbocycles. The number of nitrogen functional groups attached to an aromatic ring is 1. The number of halogens is 4. The minimum atomic E-state index is -3.40. The summed E-state index contributed by atoms with van der Waals surface area (Å²) in [6, 6.07) is 2.84. The summed E-state index contributed by atoms with van der Waals surface area (Å²) in [7, 11) is 0. The van der Waals surface area contributed by atoms with Crippen LogP contribution in [0.1, 0.15) is 25.1 Å². The average molecular weight is 316 g/mol. The van der Waals surface area contributed by atoms with Gasteiger partial charge < -0.3 is 10.8 Å². The topological polar surface area (TPSA) is 84.9 Å². The summed E-state index contributed by atoms with van der Waals surface area (Å²) in [5, 5.41) is 16.7. The first-order valence-corrected chi connectivity index (χ1v) is 6.10. The van der Waals surface area contributed by atoms with Gasteiger partial charge in [0, 0.05) is 25.0 Å². The third-order valence-electron chi connectivity index (χ3n) is 2.88. The molecule has 0 bridgehead atoms. The second-order valence-corrected chi connectivity index (χ2v) is 4.88. The van der Waals surface area contributed by atoms with E-state index in [1.165, 1.54) is 0 Å². The lowest BCUT2D eigenvalue weighted by atomic mass is 10.0. The van der Waals surface area contributed by atoms with Gasteiger partial charge in [-0.1, -0.05) is 6.07 Å². The molecule has 0 radical (unpaired) electrons. The standard InChI is InChI=1S/C13H12F4N4O/c1-12(14,15)6-3-4-7(8(22)5-6)9-10(13(2,16)17)19-11(18)21-20-9/h3-5,22H,1-2H3,(H2,18,19,21). The number of rotatable bonds is 3. The smallest absolute Gasteiger partial charge is 0.289 e. The second-order valence-electron chi connectivity index (χ2n) is 4.88. The molecule has 0 spiro atoms. The van der Waals surface area contributed by atoms with Crippen LogP contribution in [0.5, 0.6) is 5.75 Å². The highest BCUT2D eigenvalue weighted by Crippen LogP contribution is 2.39. The summed E-state index contributed by atoms with van der Waals surface area (Å²) in [5.74, 6) is -7.68. The van der Waals surface area contributed by atoms with Gasteiger partial charge in [0.05, 0.1) is 0 Å². The Kier molecular flexibility index (Phi) is 3.68. The van der Waals surface area contributed by atoms with Gasteiger partial charge in [-0.05, 0) is 12.1 Å². The molecular formula is C13H12F4N4O. The monoisotopic (exact) mass is 316 g/mol. The first-order chi connectivity index (χ1) is 10.00. The molecule has 0 saturated carbocycles. The minimum Gasteiger partial charge on any atom is -0.507 e. The van der Waals surface area contributed by atoms with E-state index in [9.17, 15) is 22.7 Å². The van der Waals surface area contributed by atoms with E-state index in [4.69, 9.17) is 5.73 Å². The molecule has 0 amide bonds. The van der Waals surface area contributed by atoms with Crippen molar-refractivity contribution in [1.82, 2.24) is 15.2 Å². The quantitative estimate of drug-likeness (QED) is 0.850. The number of hydrogen-bond donors (Lipinski definition) is 2. The molecule has 0 saturated heterocycles. The zero-order valence-electron chi connectivity index (χ0n) is 11.6. The van der Waals surface area contributed by atoms with Crippen LogP contribution in [0, 0.1) is 0 Å². The van der Waals surface area contributed by atoms with Crippen LogP contribution in [0.4, 0.5) is 23.5 Å². The van der Waals surface area contributed by atoms with Crippen molar-refractivity contribution in [3.05, 3.63) is 29.5 Å². The van der Waals surface area contributed by atoms with E-state index in [0.717, 1.165) is 18.2 Å². The molecule has 3 N–H and O–H groups in total. The van der Waals surface area contributed by atoms with Gasteiger partial charge in [0.2, 0.25) is 5.95 Å². The highest BCUT2D eigenvalue weighted by molar-refractivity contribution is 5.69. The van der Waals surface area contributed by atoms with Crippen molar-refractivity contribution in [3.8, 4) is 17.0 Å². The van der Waals surface area contributed by atoms with E-state index in [0.29, 0.717) is 13.8 Å². The molecule has 5 nitrogen and oxygen atoms in total. The average Bonchev–Trinajstić information content (AvgIpc) is 2.37. The van der Waals surface area contributed by atoms with E-state index >= 15 is 0 Å². The first kappa shape index (κ1) is 15.9. The zero-order valence-corrected chi connectivity index (χ0v) is 11.6. The lowest BCUT2D eigenvalue weighted by Crippen LogP contribution is -2.16. The van der Waals surface area contributed by atoms with Gasteiger partial charge in [-0.15, -0.1) is 10.2 Å². The van der Waals surface area contributed by atoms with Crippen LogP contribution >= 0.6 is 0 Å². The van der Waals surface area contributed by atoms with E-state index in [-0.39, 0.29) is 5.56 Å². The van der Waals surface area contributed by atoms with Crippen LogP contribution in [0.3, 0.4) is 0 Å². The fourth-order valence-electron chi connectivity index (χ4n) is 1.83. The van der Waals surface area contributed by atoms with Crippen LogP contribution in [-0.4, -0.2) is 20.3 Å². The number of nitrogens with two attached hydrogens (primary N) is 1. The number of aromatic nitrogens is 3. The Morgan fingerprint density at radius 3 is 2.18 bits per heavy atom. The van der Waals surface area contributed by atoms with Gasteiger partial charge in [0.25, 0.3) is 11.8 Å². The predicted octanol–water partition coefficient (Wildman–Crippen LogP) is 3.05. The largest absolute Gasteiger partial charge is 0.507 e. The van der Waals surface area contributed by atoms with Gasteiger partial charge >= 0.3 is 0 Å². The third-order valence-corrected chi connectivity index (χ3v) is 2.88.